The average molecular weight is 413 g/mol. The van der Waals surface area contributed by atoms with Crippen LogP contribution < -0.4 is 4.90 Å². The lowest BCUT2D eigenvalue weighted by Crippen LogP contribution is -3.11. The molecule has 0 bridgehead atoms. The Morgan fingerprint density at radius 3 is 2.63 bits per heavy atom. The van der Waals surface area contributed by atoms with Gasteiger partial charge in [0.15, 0.2) is 16.5 Å². The summed E-state index contributed by atoms with van der Waals surface area (Å²) < 4.78 is 43.7. The molecule has 1 N–H and O–H groups in total. The number of hydrogen-bond donors (Lipinski definition) is 1. The number of rotatable bonds is 7. The van der Waals surface area contributed by atoms with Crippen molar-refractivity contribution in [1.29, 1.82) is 0 Å². The van der Waals surface area contributed by atoms with E-state index in [0.717, 1.165) is 24.9 Å². The molecule has 0 radical (unpaired) electrons. The second kappa shape index (κ2) is 7.44. The summed E-state index contributed by atoms with van der Waals surface area (Å²) in [6.07, 6.45) is 3.48. The number of quaternary nitrogens is 1. The van der Waals surface area contributed by atoms with Crippen LogP contribution in [-0.4, -0.2) is 35.7 Å². The lowest BCUT2D eigenvalue weighted by Gasteiger charge is -2.18. The third-order valence-electron chi connectivity index (χ3n) is 5.29. The molecule has 1 aliphatic carbocycles. The summed E-state index contributed by atoms with van der Waals surface area (Å²) in [5.41, 5.74) is 1.07. The summed E-state index contributed by atoms with van der Waals surface area (Å²) in [6, 6.07) is 7.14. The Bertz CT molecular complexity index is 964. The number of nitrogens with one attached hydrogen (secondary N) is 1. The molecule has 2 heterocycles. The molecular formula is C18H23FN3O3S2+. The van der Waals surface area contributed by atoms with E-state index in [1.807, 2.05) is 12.1 Å². The van der Waals surface area contributed by atoms with E-state index in [1.54, 1.807) is 4.68 Å². The van der Waals surface area contributed by atoms with E-state index in [4.69, 9.17) is 16.6 Å². The fraction of sp³-hybridized carbons (Fsp3) is 0.556. The molecule has 9 heteroatoms. The third-order valence-corrected chi connectivity index (χ3v) is 7.42. The monoisotopic (exact) mass is 412 g/mol. The third kappa shape index (κ3) is 4.83. The minimum Gasteiger partial charge on any atom is -0.414 e. The molecule has 146 valence electrons. The average Bonchev–Trinajstić information content (AvgIpc) is 3.32. The highest BCUT2D eigenvalue weighted by molar-refractivity contribution is 7.91. The van der Waals surface area contributed by atoms with Crippen molar-refractivity contribution in [2.24, 2.45) is 5.92 Å². The van der Waals surface area contributed by atoms with E-state index >= 15 is 0 Å². The smallest absolute Gasteiger partial charge is 0.291 e. The Labute approximate surface area is 162 Å². The first-order valence-corrected chi connectivity index (χ1v) is 11.5. The molecule has 4 rings (SSSR count). The van der Waals surface area contributed by atoms with Gasteiger partial charge in [-0.25, -0.2) is 12.8 Å². The van der Waals surface area contributed by atoms with E-state index in [1.165, 1.54) is 17.0 Å². The molecule has 0 amide bonds. The quantitative estimate of drug-likeness (QED) is 0.699. The Morgan fingerprint density at radius 1 is 1.26 bits per heavy atom. The minimum absolute atomic E-state index is 0.0580. The second-order valence-corrected chi connectivity index (χ2v) is 10.2. The van der Waals surface area contributed by atoms with Crippen LogP contribution in [0.25, 0.3) is 0 Å². The van der Waals surface area contributed by atoms with Gasteiger partial charge >= 0.3 is 0 Å². The van der Waals surface area contributed by atoms with Gasteiger partial charge in [-0.1, -0.05) is 12.1 Å². The lowest BCUT2D eigenvalue weighted by molar-refractivity contribution is -0.947. The number of aromatic nitrogens is 2. The standard InChI is InChI=1S/C18H22FN3O3S2/c19-15-3-1-13(2-4-15)10-21(16-5-6-16)12-22-18(26)25-17(20-22)9-14-7-8-27(23,24)11-14/h1-4,14,16H,5-12H2/p+1/t14-/m1/s1. The lowest BCUT2D eigenvalue weighted by atomic mass is 10.1. The number of hydrogen-bond acceptors (Lipinski definition) is 5. The van der Waals surface area contributed by atoms with Crippen molar-refractivity contribution >= 4 is 22.1 Å². The molecular weight excluding hydrogens is 389 g/mol. The Balaban J connectivity index is 1.43. The highest BCUT2D eigenvalue weighted by atomic mass is 32.2. The molecule has 6 nitrogen and oxygen atoms in total. The zero-order valence-electron chi connectivity index (χ0n) is 14.9. The number of benzene rings is 1. The van der Waals surface area contributed by atoms with E-state index in [0.29, 0.717) is 36.3 Å². The van der Waals surface area contributed by atoms with Crippen molar-refractivity contribution in [3.05, 3.63) is 46.4 Å². The Hall–Kier alpha value is -1.58. The maximum absolute atomic E-state index is 13.1. The number of sulfone groups is 1. The van der Waals surface area contributed by atoms with Crippen LogP contribution >= 0.6 is 12.2 Å². The zero-order chi connectivity index (χ0) is 19.0. The van der Waals surface area contributed by atoms with Crippen molar-refractivity contribution in [3.8, 4) is 0 Å². The summed E-state index contributed by atoms with van der Waals surface area (Å²) in [7, 11) is -2.91. The maximum Gasteiger partial charge on any atom is 0.291 e. The summed E-state index contributed by atoms with van der Waals surface area (Å²) >= 11 is 5.32. The van der Waals surface area contributed by atoms with Crippen LogP contribution in [0.2, 0.25) is 0 Å². The van der Waals surface area contributed by atoms with Crippen LogP contribution in [0.3, 0.4) is 0 Å². The van der Waals surface area contributed by atoms with E-state index < -0.39 is 9.84 Å². The number of nitrogens with zero attached hydrogens (tertiary/aromatic N) is 2. The SMILES string of the molecule is O=S1(=O)CC[C@H](Cc2nn(C[NH+](Cc3ccc(F)cc3)C3CC3)c(=S)o2)C1. The van der Waals surface area contributed by atoms with Crippen LogP contribution in [0.5, 0.6) is 0 Å². The largest absolute Gasteiger partial charge is 0.414 e. The first-order valence-electron chi connectivity index (χ1n) is 9.24. The Kier molecular flexibility index (Phi) is 5.17. The van der Waals surface area contributed by atoms with Gasteiger partial charge < -0.3 is 9.32 Å². The van der Waals surface area contributed by atoms with Gasteiger partial charge in [-0.2, -0.15) is 4.68 Å². The molecule has 1 saturated heterocycles. The van der Waals surface area contributed by atoms with Gasteiger partial charge in [-0.3, -0.25) is 0 Å². The van der Waals surface area contributed by atoms with Crippen molar-refractivity contribution in [3.63, 3.8) is 0 Å². The normalized spacial score (nSPS) is 22.8. The summed E-state index contributed by atoms with van der Waals surface area (Å²) in [6.45, 7) is 1.36. The van der Waals surface area contributed by atoms with Crippen LogP contribution in [0.15, 0.2) is 28.7 Å². The van der Waals surface area contributed by atoms with E-state index in [-0.39, 0.29) is 23.2 Å². The highest BCUT2D eigenvalue weighted by Crippen LogP contribution is 2.22. The van der Waals surface area contributed by atoms with E-state index in [2.05, 4.69) is 5.10 Å². The fourth-order valence-electron chi connectivity index (χ4n) is 3.69. The molecule has 1 aliphatic heterocycles. The molecule has 2 atom stereocenters. The van der Waals surface area contributed by atoms with Crippen molar-refractivity contribution in [2.45, 2.75) is 44.9 Å². The zero-order valence-corrected chi connectivity index (χ0v) is 16.6. The first kappa shape index (κ1) is 18.8. The van der Waals surface area contributed by atoms with Gasteiger partial charge in [0.2, 0.25) is 5.89 Å². The van der Waals surface area contributed by atoms with Gasteiger partial charge in [0.25, 0.3) is 4.84 Å². The van der Waals surface area contributed by atoms with Crippen LogP contribution in [0, 0.1) is 16.6 Å². The second-order valence-electron chi connectivity index (χ2n) is 7.63. The summed E-state index contributed by atoms with van der Waals surface area (Å²) in [5.74, 6) is 0.786. The van der Waals surface area contributed by atoms with Gasteiger partial charge in [0.1, 0.15) is 12.4 Å². The Morgan fingerprint density at radius 2 is 2.00 bits per heavy atom. The predicted molar refractivity (Wildman–Crippen MR) is 99.9 cm³/mol. The predicted octanol–water partition coefficient (Wildman–Crippen LogP) is 1.53. The fourth-order valence-corrected chi connectivity index (χ4v) is 5.75. The molecule has 2 aliphatic rings. The molecule has 2 aromatic rings. The molecule has 1 aromatic heterocycles. The van der Waals surface area contributed by atoms with Gasteiger partial charge in [-0.15, -0.1) is 5.10 Å². The van der Waals surface area contributed by atoms with Crippen LogP contribution in [0.4, 0.5) is 4.39 Å². The molecule has 2 fully saturated rings. The molecule has 0 spiro atoms. The summed E-state index contributed by atoms with van der Waals surface area (Å²) in [4.78, 5) is 1.64. The van der Waals surface area contributed by atoms with Crippen LogP contribution in [0.1, 0.15) is 30.7 Å². The topological polar surface area (TPSA) is 69.5 Å². The first-order chi connectivity index (χ1) is 12.9. The number of halogens is 1. The van der Waals surface area contributed by atoms with Gasteiger partial charge in [0.05, 0.1) is 17.5 Å². The highest BCUT2D eigenvalue weighted by Gasteiger charge is 2.34. The van der Waals surface area contributed by atoms with Gasteiger partial charge in [-0.05, 0) is 36.7 Å². The van der Waals surface area contributed by atoms with Crippen molar-refractivity contribution < 1.29 is 22.1 Å². The van der Waals surface area contributed by atoms with Gasteiger partial charge in [0, 0.05) is 24.8 Å². The molecule has 1 saturated carbocycles. The molecule has 1 aromatic carbocycles. The maximum atomic E-state index is 13.1. The molecule has 27 heavy (non-hydrogen) atoms. The molecule has 1 unspecified atom stereocenters. The van der Waals surface area contributed by atoms with E-state index in [9.17, 15) is 12.8 Å². The van der Waals surface area contributed by atoms with Crippen LogP contribution in [-0.2, 0) is 29.5 Å². The van der Waals surface area contributed by atoms with Crippen molar-refractivity contribution in [2.75, 3.05) is 11.5 Å². The minimum atomic E-state index is -2.91. The van der Waals surface area contributed by atoms with Crippen molar-refractivity contribution in [1.82, 2.24) is 9.78 Å². The summed E-state index contributed by atoms with van der Waals surface area (Å²) in [5, 5.41) is 4.50.